The molecule has 1 aromatic heterocycles. The van der Waals surface area contributed by atoms with Crippen molar-refractivity contribution < 1.29 is 13.2 Å². The fraction of sp³-hybridized carbons (Fsp3) is 0.143. The number of rotatable bonds is 1. The van der Waals surface area contributed by atoms with Gasteiger partial charge in [-0.3, -0.25) is 0 Å². The maximum absolute atomic E-state index is 12.7. The normalized spacial score (nSPS) is 10.2. The van der Waals surface area contributed by atoms with Crippen LogP contribution in [-0.4, -0.2) is 4.98 Å². The van der Waals surface area contributed by atoms with Crippen LogP contribution in [0, 0.1) is 17.3 Å². The Morgan fingerprint density at radius 1 is 1.54 bits per heavy atom. The lowest BCUT2D eigenvalue weighted by atomic mass is 10.2. The number of nitrogens with zero attached hydrogens (tertiary/aromatic N) is 2. The molecule has 0 unspecified atom stereocenters. The molecule has 0 aliphatic carbocycles. The van der Waals surface area contributed by atoms with Crippen LogP contribution >= 0.6 is 11.6 Å². The summed E-state index contributed by atoms with van der Waals surface area (Å²) in [7, 11) is 0. The summed E-state index contributed by atoms with van der Waals surface area (Å²) in [6.07, 6.45) is -2.90. The molecular formula is C7H2ClF3N2. The van der Waals surface area contributed by atoms with Crippen molar-refractivity contribution in [1.29, 1.82) is 5.26 Å². The molecule has 68 valence electrons. The number of hydrogen-bond donors (Lipinski definition) is 0. The molecule has 2 nitrogen and oxygen atoms in total. The van der Waals surface area contributed by atoms with E-state index in [9.17, 15) is 13.2 Å². The molecule has 0 radical (unpaired) electrons. The van der Waals surface area contributed by atoms with Crippen molar-refractivity contribution in [3.05, 3.63) is 28.3 Å². The van der Waals surface area contributed by atoms with Gasteiger partial charge in [0, 0.05) is 0 Å². The minimum absolute atomic E-state index is 0.356. The van der Waals surface area contributed by atoms with Crippen LogP contribution in [0.25, 0.3) is 0 Å². The molecule has 0 spiro atoms. The van der Waals surface area contributed by atoms with Crippen LogP contribution < -0.4 is 0 Å². The van der Waals surface area contributed by atoms with Gasteiger partial charge in [0.1, 0.15) is 17.3 Å². The lowest BCUT2D eigenvalue weighted by molar-refractivity contribution is 0.145. The molecule has 0 N–H and O–H groups in total. The van der Waals surface area contributed by atoms with E-state index in [-0.39, 0.29) is 5.02 Å². The predicted octanol–water partition coefficient (Wildman–Crippen LogP) is 2.68. The summed E-state index contributed by atoms with van der Waals surface area (Å²) >= 11 is 5.34. The fourth-order valence-corrected chi connectivity index (χ4v) is 0.945. The Balaban J connectivity index is 3.30. The first-order chi connectivity index (χ1) is 6.06. The Bertz CT molecular complexity index is 349. The van der Waals surface area contributed by atoms with E-state index in [1.54, 1.807) is 0 Å². The fourth-order valence-electron chi connectivity index (χ4n) is 0.713. The molecule has 1 aromatic rings. The molecule has 0 saturated heterocycles. The van der Waals surface area contributed by atoms with Crippen LogP contribution in [0.15, 0.2) is 6.07 Å². The predicted molar refractivity (Wildman–Crippen MR) is 38.9 cm³/mol. The minimum Gasteiger partial charge on any atom is -0.218 e. The van der Waals surface area contributed by atoms with Crippen molar-refractivity contribution in [2.75, 3.05) is 0 Å². The molecule has 0 atom stereocenters. The van der Waals surface area contributed by atoms with Crippen LogP contribution in [0.5, 0.6) is 0 Å². The standard InChI is InChI=1S/C7H2ClF3N2/c8-4-1-5(6(9)10)13-7(11)3(4)2-12/h1,6H. The summed E-state index contributed by atoms with van der Waals surface area (Å²) in [5.41, 5.74) is -1.30. The summed E-state index contributed by atoms with van der Waals surface area (Å²) in [5, 5.41) is 7.97. The number of alkyl halides is 2. The molecule has 1 heterocycles. The second-order valence-corrected chi connectivity index (χ2v) is 2.51. The smallest absolute Gasteiger partial charge is 0.218 e. The Hall–Kier alpha value is -1.28. The number of hydrogen-bond acceptors (Lipinski definition) is 2. The van der Waals surface area contributed by atoms with Gasteiger partial charge in [0.25, 0.3) is 6.43 Å². The number of aromatic nitrogens is 1. The van der Waals surface area contributed by atoms with Gasteiger partial charge in [-0.2, -0.15) is 9.65 Å². The molecule has 1 rings (SSSR count). The van der Waals surface area contributed by atoms with E-state index >= 15 is 0 Å². The zero-order chi connectivity index (χ0) is 10.0. The van der Waals surface area contributed by atoms with E-state index in [1.807, 2.05) is 0 Å². The minimum atomic E-state index is -2.90. The quantitative estimate of drug-likeness (QED) is 0.663. The van der Waals surface area contributed by atoms with Crippen molar-refractivity contribution in [2.24, 2.45) is 0 Å². The third kappa shape index (κ3) is 1.90. The first kappa shape index (κ1) is 9.81. The zero-order valence-corrected chi connectivity index (χ0v) is 6.82. The largest absolute Gasteiger partial charge is 0.280 e. The van der Waals surface area contributed by atoms with Gasteiger partial charge < -0.3 is 0 Å². The van der Waals surface area contributed by atoms with Crippen molar-refractivity contribution in [3.63, 3.8) is 0 Å². The van der Waals surface area contributed by atoms with Crippen molar-refractivity contribution >= 4 is 11.6 Å². The summed E-state index contributed by atoms with van der Waals surface area (Å²) in [6, 6.07) is 2.19. The molecule has 0 aliphatic heterocycles. The Morgan fingerprint density at radius 3 is 2.54 bits per heavy atom. The van der Waals surface area contributed by atoms with Gasteiger partial charge in [0.05, 0.1) is 5.02 Å². The van der Waals surface area contributed by atoms with Crippen LogP contribution in [0.4, 0.5) is 13.2 Å². The van der Waals surface area contributed by atoms with Crippen LogP contribution in [-0.2, 0) is 0 Å². The maximum Gasteiger partial charge on any atom is 0.280 e. The maximum atomic E-state index is 12.7. The van der Waals surface area contributed by atoms with E-state index in [1.165, 1.54) is 6.07 Å². The van der Waals surface area contributed by atoms with Gasteiger partial charge >= 0.3 is 0 Å². The van der Waals surface area contributed by atoms with Gasteiger partial charge in [0.2, 0.25) is 5.95 Å². The van der Waals surface area contributed by atoms with E-state index < -0.39 is 23.6 Å². The van der Waals surface area contributed by atoms with Crippen LogP contribution in [0.3, 0.4) is 0 Å². The molecule has 0 bridgehead atoms. The molecule has 0 saturated carbocycles. The van der Waals surface area contributed by atoms with Gasteiger partial charge in [-0.15, -0.1) is 0 Å². The average molecular weight is 207 g/mol. The topological polar surface area (TPSA) is 36.7 Å². The van der Waals surface area contributed by atoms with Crippen LogP contribution in [0.1, 0.15) is 17.7 Å². The van der Waals surface area contributed by atoms with Crippen molar-refractivity contribution in [1.82, 2.24) is 4.98 Å². The summed E-state index contributed by atoms with van der Waals surface area (Å²) < 4.78 is 36.7. The van der Waals surface area contributed by atoms with Gasteiger partial charge in [-0.1, -0.05) is 11.6 Å². The lowest BCUT2D eigenvalue weighted by Gasteiger charge is -2.01. The number of nitriles is 1. The first-order valence-corrected chi connectivity index (χ1v) is 3.48. The van der Waals surface area contributed by atoms with Gasteiger partial charge in [-0.25, -0.2) is 13.8 Å². The summed E-state index contributed by atoms with van der Waals surface area (Å²) in [6.45, 7) is 0. The average Bonchev–Trinajstić information content (AvgIpc) is 2.03. The number of halogens is 4. The monoisotopic (exact) mass is 206 g/mol. The van der Waals surface area contributed by atoms with E-state index in [2.05, 4.69) is 4.98 Å². The highest BCUT2D eigenvalue weighted by Gasteiger charge is 2.16. The molecule has 6 heteroatoms. The second-order valence-electron chi connectivity index (χ2n) is 2.11. The summed E-state index contributed by atoms with van der Waals surface area (Å²) in [4.78, 5) is 2.88. The van der Waals surface area contributed by atoms with Crippen molar-refractivity contribution in [3.8, 4) is 6.07 Å². The highest BCUT2D eigenvalue weighted by Crippen LogP contribution is 2.23. The molecule has 0 aromatic carbocycles. The van der Waals surface area contributed by atoms with Crippen LogP contribution in [0.2, 0.25) is 5.02 Å². The molecular weight excluding hydrogens is 205 g/mol. The molecule has 0 amide bonds. The Kier molecular flexibility index (Phi) is 2.73. The van der Waals surface area contributed by atoms with Gasteiger partial charge in [-0.05, 0) is 6.07 Å². The van der Waals surface area contributed by atoms with Gasteiger partial charge in [0.15, 0.2) is 0 Å². The van der Waals surface area contributed by atoms with E-state index in [4.69, 9.17) is 16.9 Å². The van der Waals surface area contributed by atoms with Crippen molar-refractivity contribution in [2.45, 2.75) is 6.43 Å². The third-order valence-corrected chi connectivity index (χ3v) is 1.58. The Morgan fingerprint density at radius 2 is 2.15 bits per heavy atom. The van der Waals surface area contributed by atoms with E-state index in [0.717, 1.165) is 6.07 Å². The summed E-state index contributed by atoms with van der Waals surface area (Å²) in [5.74, 6) is -1.27. The number of pyridine rings is 1. The van der Waals surface area contributed by atoms with E-state index in [0.29, 0.717) is 0 Å². The molecule has 0 aliphatic rings. The lowest BCUT2D eigenvalue weighted by Crippen LogP contribution is -1.97. The first-order valence-electron chi connectivity index (χ1n) is 3.10. The zero-order valence-electron chi connectivity index (χ0n) is 6.06. The Labute approximate surface area is 76.6 Å². The molecule has 13 heavy (non-hydrogen) atoms. The third-order valence-electron chi connectivity index (χ3n) is 1.28. The SMILES string of the molecule is N#Cc1c(Cl)cc(C(F)F)nc1F. The molecule has 0 fully saturated rings. The second kappa shape index (κ2) is 3.62. The highest BCUT2D eigenvalue weighted by molar-refractivity contribution is 6.31. The highest BCUT2D eigenvalue weighted by atomic mass is 35.5.